The number of methoxy groups -OCH3 is 3. The molecule has 0 aliphatic rings. The predicted molar refractivity (Wildman–Crippen MR) is 140 cm³/mol. The molecule has 0 aliphatic heterocycles. The molecule has 1 aromatic heterocycles. The van der Waals surface area contributed by atoms with Crippen LogP contribution in [0.4, 0.5) is 0 Å². The molecule has 1 atom stereocenters. The number of halogens is 1. The second-order valence-corrected chi connectivity index (χ2v) is 8.88. The first-order valence-electron chi connectivity index (χ1n) is 11.6. The lowest BCUT2D eigenvalue weighted by Crippen LogP contribution is -2.22. The Morgan fingerprint density at radius 1 is 0.865 bits per heavy atom. The van der Waals surface area contributed by atoms with Gasteiger partial charge in [0.2, 0.25) is 0 Å². The summed E-state index contributed by atoms with van der Waals surface area (Å²) in [6.45, 7) is 0.135. The van der Waals surface area contributed by atoms with E-state index in [0.29, 0.717) is 27.4 Å². The molecule has 2 aromatic carbocycles. The number of esters is 1. The second-order valence-electron chi connectivity index (χ2n) is 8.13. The van der Waals surface area contributed by atoms with Gasteiger partial charge in [-0.25, -0.2) is 4.98 Å². The van der Waals surface area contributed by atoms with Gasteiger partial charge in [-0.1, -0.05) is 30.3 Å². The fourth-order valence-corrected chi connectivity index (χ4v) is 4.18. The quantitative estimate of drug-likeness (QED) is 0.152. The fraction of sp³-hybridized carbons (Fsp3) is 0.286. The number of ether oxygens (including phenoxy) is 4. The van der Waals surface area contributed by atoms with Crippen LogP contribution in [-0.2, 0) is 16.1 Å². The van der Waals surface area contributed by atoms with Crippen LogP contribution in [0.3, 0.4) is 0 Å². The van der Waals surface area contributed by atoms with Gasteiger partial charge in [0.05, 0.1) is 21.3 Å². The number of Topliss-reactive ketones (excluding diaryl/α,β-unsaturated/α-hetero) is 2. The predicted octanol–water partition coefficient (Wildman–Crippen LogP) is 5.47. The number of pyridine rings is 1. The average molecular weight is 570 g/mol. The van der Waals surface area contributed by atoms with E-state index < -0.39 is 11.9 Å². The number of carbonyl (C=O) groups excluding carboxylic acids is 3. The molecular formula is C28H28BrNO7. The van der Waals surface area contributed by atoms with E-state index in [0.717, 1.165) is 5.56 Å². The van der Waals surface area contributed by atoms with Crippen LogP contribution in [0.5, 0.6) is 17.2 Å². The number of rotatable bonds is 13. The summed E-state index contributed by atoms with van der Waals surface area (Å²) in [5.74, 6) is -0.514. The molecule has 0 bridgehead atoms. The Hall–Kier alpha value is -3.72. The van der Waals surface area contributed by atoms with Gasteiger partial charge in [0, 0.05) is 24.3 Å². The lowest BCUT2D eigenvalue weighted by Gasteiger charge is -2.16. The number of benzene rings is 2. The molecule has 0 saturated carbocycles. The largest absolute Gasteiger partial charge is 0.494 e. The van der Waals surface area contributed by atoms with Crippen molar-refractivity contribution in [2.45, 2.75) is 25.9 Å². The van der Waals surface area contributed by atoms with E-state index in [4.69, 9.17) is 18.9 Å². The summed E-state index contributed by atoms with van der Waals surface area (Å²) in [5.41, 5.74) is 1.39. The van der Waals surface area contributed by atoms with Crippen LogP contribution in [0.2, 0.25) is 0 Å². The molecule has 37 heavy (non-hydrogen) atoms. The minimum absolute atomic E-state index is 0.0280. The Morgan fingerprint density at radius 2 is 1.54 bits per heavy atom. The summed E-state index contributed by atoms with van der Waals surface area (Å²) in [6, 6.07) is 17.3. The standard InChI is InChI=1S/C28H28BrNO7/c1-34-23-12-9-19(16-25(23)36-3)22(31)15-20(27(33)21-11-13-24(35-2)28(29)30-21)10-14-26(32)37-17-18-7-5-4-6-8-18/h4-9,11-13,16,20H,10,14-15,17H2,1-3H3. The monoisotopic (exact) mass is 569 g/mol. The SMILES string of the molecule is COc1ccc(C(=O)CC(CCC(=O)OCc2ccccc2)C(=O)c2ccc(OC)c(Br)n2)cc1OC. The fourth-order valence-electron chi connectivity index (χ4n) is 3.70. The van der Waals surface area contributed by atoms with Crippen molar-refractivity contribution in [3.63, 3.8) is 0 Å². The maximum Gasteiger partial charge on any atom is 0.306 e. The molecule has 1 unspecified atom stereocenters. The normalized spacial score (nSPS) is 11.4. The summed E-state index contributed by atoms with van der Waals surface area (Å²) in [5, 5.41) is 0. The van der Waals surface area contributed by atoms with Crippen molar-refractivity contribution in [1.82, 2.24) is 4.98 Å². The van der Waals surface area contributed by atoms with E-state index in [1.807, 2.05) is 30.3 Å². The number of ketones is 2. The number of carbonyl (C=O) groups is 3. The van der Waals surface area contributed by atoms with Crippen molar-refractivity contribution >= 4 is 33.5 Å². The van der Waals surface area contributed by atoms with Crippen molar-refractivity contribution in [3.8, 4) is 17.2 Å². The van der Waals surface area contributed by atoms with Crippen LogP contribution >= 0.6 is 15.9 Å². The van der Waals surface area contributed by atoms with Crippen LogP contribution in [0, 0.1) is 5.92 Å². The molecule has 8 nitrogen and oxygen atoms in total. The number of aromatic nitrogens is 1. The highest BCUT2D eigenvalue weighted by Gasteiger charge is 2.27. The molecule has 0 radical (unpaired) electrons. The van der Waals surface area contributed by atoms with Crippen molar-refractivity contribution in [2.75, 3.05) is 21.3 Å². The van der Waals surface area contributed by atoms with Crippen LogP contribution in [0.15, 0.2) is 65.3 Å². The lowest BCUT2D eigenvalue weighted by atomic mass is 9.89. The molecule has 0 N–H and O–H groups in total. The van der Waals surface area contributed by atoms with Gasteiger partial charge in [-0.3, -0.25) is 14.4 Å². The summed E-state index contributed by atoms with van der Waals surface area (Å²) in [4.78, 5) is 43.3. The molecule has 0 fully saturated rings. The van der Waals surface area contributed by atoms with Gasteiger partial charge >= 0.3 is 5.97 Å². The zero-order valence-corrected chi connectivity index (χ0v) is 22.4. The van der Waals surface area contributed by atoms with Gasteiger partial charge in [0.1, 0.15) is 16.9 Å². The Labute approximate surface area is 224 Å². The highest BCUT2D eigenvalue weighted by molar-refractivity contribution is 9.10. The molecule has 3 rings (SSSR count). The van der Waals surface area contributed by atoms with Crippen molar-refractivity contribution < 1.29 is 33.3 Å². The third kappa shape index (κ3) is 7.63. The van der Waals surface area contributed by atoms with Crippen molar-refractivity contribution in [1.29, 1.82) is 0 Å². The summed E-state index contributed by atoms with van der Waals surface area (Å²) >= 11 is 3.29. The maximum atomic E-state index is 13.4. The Morgan fingerprint density at radius 3 is 2.19 bits per heavy atom. The van der Waals surface area contributed by atoms with Gasteiger partial charge in [-0.05, 0) is 58.2 Å². The first kappa shape index (κ1) is 27.9. The van der Waals surface area contributed by atoms with Crippen LogP contribution in [0.25, 0.3) is 0 Å². The van der Waals surface area contributed by atoms with Gasteiger partial charge in [-0.15, -0.1) is 0 Å². The van der Waals surface area contributed by atoms with Gasteiger partial charge in [0.25, 0.3) is 0 Å². The van der Waals surface area contributed by atoms with Crippen LogP contribution in [0.1, 0.15) is 45.7 Å². The lowest BCUT2D eigenvalue weighted by molar-refractivity contribution is -0.145. The molecule has 1 heterocycles. The van der Waals surface area contributed by atoms with E-state index in [-0.39, 0.29) is 43.1 Å². The average Bonchev–Trinajstić information content (AvgIpc) is 2.93. The molecule has 0 aliphatic carbocycles. The molecule has 194 valence electrons. The zero-order valence-electron chi connectivity index (χ0n) is 20.9. The molecular weight excluding hydrogens is 542 g/mol. The Balaban J connectivity index is 1.76. The third-order valence-electron chi connectivity index (χ3n) is 5.73. The van der Waals surface area contributed by atoms with E-state index in [9.17, 15) is 14.4 Å². The van der Waals surface area contributed by atoms with E-state index in [2.05, 4.69) is 20.9 Å². The number of nitrogens with zero attached hydrogens (tertiary/aromatic N) is 1. The van der Waals surface area contributed by atoms with E-state index in [1.165, 1.54) is 27.4 Å². The zero-order chi connectivity index (χ0) is 26.8. The first-order valence-corrected chi connectivity index (χ1v) is 12.3. The van der Waals surface area contributed by atoms with Crippen LogP contribution in [-0.4, -0.2) is 43.8 Å². The Kier molecular flexibility index (Phi) is 10.2. The smallest absolute Gasteiger partial charge is 0.306 e. The minimum atomic E-state index is -0.794. The Bertz CT molecular complexity index is 1250. The summed E-state index contributed by atoms with van der Waals surface area (Å²) < 4.78 is 21.4. The van der Waals surface area contributed by atoms with Gasteiger partial charge in [-0.2, -0.15) is 0 Å². The molecule has 3 aromatic rings. The van der Waals surface area contributed by atoms with Crippen molar-refractivity contribution in [3.05, 3.63) is 82.1 Å². The third-order valence-corrected chi connectivity index (χ3v) is 6.30. The number of hydrogen-bond acceptors (Lipinski definition) is 8. The molecule has 0 saturated heterocycles. The summed E-state index contributed by atoms with van der Waals surface area (Å²) in [7, 11) is 4.48. The van der Waals surface area contributed by atoms with E-state index >= 15 is 0 Å². The van der Waals surface area contributed by atoms with Gasteiger partial charge < -0.3 is 18.9 Å². The first-order chi connectivity index (χ1) is 17.9. The van der Waals surface area contributed by atoms with Crippen molar-refractivity contribution in [2.24, 2.45) is 5.92 Å². The van der Waals surface area contributed by atoms with Gasteiger partial charge in [0.15, 0.2) is 28.8 Å². The highest BCUT2D eigenvalue weighted by Crippen LogP contribution is 2.30. The summed E-state index contributed by atoms with van der Waals surface area (Å²) in [6.07, 6.45) is -0.0256. The topological polar surface area (TPSA) is 101 Å². The molecule has 0 amide bonds. The minimum Gasteiger partial charge on any atom is -0.494 e. The number of hydrogen-bond donors (Lipinski definition) is 0. The van der Waals surface area contributed by atoms with Crippen LogP contribution < -0.4 is 14.2 Å². The molecule has 9 heteroatoms. The highest BCUT2D eigenvalue weighted by atomic mass is 79.9. The maximum absolute atomic E-state index is 13.4. The molecule has 0 spiro atoms. The second kappa shape index (κ2) is 13.5. The van der Waals surface area contributed by atoms with E-state index in [1.54, 1.807) is 24.3 Å².